The number of nitrogens with two attached hydrogens (primary N) is 1. The molecule has 3 N–H and O–H groups in total. The van der Waals surface area contributed by atoms with Gasteiger partial charge in [0.15, 0.2) is 9.84 Å². The molecule has 1 atom stereocenters. The molecule has 0 saturated carbocycles. The zero-order valence-corrected chi connectivity index (χ0v) is 19.9. The zero-order chi connectivity index (χ0) is 25.3. The molecule has 0 fully saturated rings. The van der Waals surface area contributed by atoms with E-state index < -0.39 is 50.4 Å². The highest BCUT2D eigenvalue weighted by atomic mass is 32.2. The van der Waals surface area contributed by atoms with Gasteiger partial charge in [-0.15, -0.1) is 0 Å². The lowest BCUT2D eigenvalue weighted by molar-refractivity contribution is -0.160. The molecule has 0 saturated heterocycles. The van der Waals surface area contributed by atoms with Crippen molar-refractivity contribution in [2.45, 2.75) is 37.8 Å². The van der Waals surface area contributed by atoms with Crippen LogP contribution in [0.4, 0.5) is 0 Å². The molecule has 34 heavy (non-hydrogen) atoms. The Bertz CT molecular complexity index is 1190. The van der Waals surface area contributed by atoms with E-state index in [4.69, 9.17) is 15.2 Å². The first-order valence-electron chi connectivity index (χ1n) is 10.5. The largest absolute Gasteiger partial charge is 0.479 e. The number of carboxylic acid groups (broad SMARTS) is 1. The van der Waals surface area contributed by atoms with Crippen LogP contribution in [-0.2, 0) is 33.7 Å². The van der Waals surface area contributed by atoms with E-state index in [1.807, 2.05) is 48.5 Å². The van der Waals surface area contributed by atoms with Crippen LogP contribution in [-0.4, -0.2) is 60.7 Å². The fourth-order valence-corrected chi connectivity index (χ4v) is 5.34. The van der Waals surface area contributed by atoms with Crippen LogP contribution in [0.3, 0.4) is 0 Å². The molecule has 9 nitrogen and oxygen atoms in total. The number of hydrogen-bond donors (Lipinski definition) is 2. The van der Waals surface area contributed by atoms with Crippen molar-refractivity contribution in [2.24, 2.45) is 5.73 Å². The molecule has 1 aliphatic carbocycles. The summed E-state index contributed by atoms with van der Waals surface area (Å²) in [5, 5.41) is 9.59. The van der Waals surface area contributed by atoms with Crippen molar-refractivity contribution < 1.29 is 37.4 Å². The van der Waals surface area contributed by atoms with Crippen molar-refractivity contribution in [3.05, 3.63) is 59.7 Å². The van der Waals surface area contributed by atoms with Crippen molar-refractivity contribution in [3.63, 3.8) is 0 Å². The Morgan fingerprint density at radius 3 is 1.94 bits per heavy atom. The number of esters is 2. The van der Waals surface area contributed by atoms with Gasteiger partial charge in [0.1, 0.15) is 18.0 Å². The summed E-state index contributed by atoms with van der Waals surface area (Å²) in [4.78, 5) is 36.5. The molecule has 182 valence electrons. The van der Waals surface area contributed by atoms with Gasteiger partial charge in [-0.1, -0.05) is 48.5 Å². The fraction of sp³-hybridized carbons (Fsp3) is 0.375. The number of fused-ring (bicyclic) bond motifs is 3. The normalized spacial score (nSPS) is 15.1. The lowest BCUT2D eigenvalue weighted by Crippen LogP contribution is -2.60. The van der Waals surface area contributed by atoms with Crippen LogP contribution >= 0.6 is 0 Å². The van der Waals surface area contributed by atoms with E-state index in [1.165, 1.54) is 0 Å². The van der Waals surface area contributed by atoms with E-state index in [9.17, 15) is 27.9 Å². The lowest BCUT2D eigenvalue weighted by Gasteiger charge is -2.24. The molecule has 0 aromatic heterocycles. The van der Waals surface area contributed by atoms with E-state index in [1.54, 1.807) is 20.8 Å². The monoisotopic (exact) mass is 489 g/mol. The molecule has 0 unspecified atom stereocenters. The summed E-state index contributed by atoms with van der Waals surface area (Å²) < 4.78 is 35.2. The van der Waals surface area contributed by atoms with Gasteiger partial charge in [-0.3, -0.25) is 4.79 Å². The quantitative estimate of drug-likeness (QED) is 0.418. The van der Waals surface area contributed by atoms with E-state index >= 15 is 0 Å². The van der Waals surface area contributed by atoms with E-state index in [-0.39, 0.29) is 12.5 Å². The predicted molar refractivity (Wildman–Crippen MR) is 124 cm³/mol. The van der Waals surface area contributed by atoms with E-state index in [2.05, 4.69) is 0 Å². The highest BCUT2D eigenvalue weighted by Gasteiger charge is 2.49. The average Bonchev–Trinajstić information content (AvgIpc) is 3.03. The molecular weight excluding hydrogens is 462 g/mol. The third-order valence-corrected chi connectivity index (χ3v) is 6.87. The summed E-state index contributed by atoms with van der Waals surface area (Å²) in [6, 6.07) is 15.1. The van der Waals surface area contributed by atoms with Gasteiger partial charge in [-0.05, 0) is 43.0 Å². The summed E-state index contributed by atoms with van der Waals surface area (Å²) in [5.41, 5.74) is 5.64. The van der Waals surface area contributed by atoms with E-state index in [0.29, 0.717) is 0 Å². The van der Waals surface area contributed by atoms with Gasteiger partial charge in [-0.2, -0.15) is 0 Å². The first-order valence-corrected chi connectivity index (χ1v) is 12.4. The van der Waals surface area contributed by atoms with Gasteiger partial charge >= 0.3 is 17.9 Å². The number of sulfone groups is 1. The van der Waals surface area contributed by atoms with Gasteiger partial charge in [-0.25, -0.2) is 18.0 Å². The minimum atomic E-state index is -4.42. The third-order valence-electron chi connectivity index (χ3n) is 5.29. The Morgan fingerprint density at radius 2 is 1.47 bits per heavy atom. The number of ether oxygens (including phenoxy) is 2. The number of carboxylic acids is 1. The average molecular weight is 490 g/mol. The molecule has 2 aromatic carbocycles. The van der Waals surface area contributed by atoms with Crippen molar-refractivity contribution >= 4 is 27.7 Å². The zero-order valence-electron chi connectivity index (χ0n) is 19.1. The van der Waals surface area contributed by atoms with Crippen LogP contribution in [0.1, 0.15) is 37.8 Å². The van der Waals surface area contributed by atoms with Gasteiger partial charge in [0.25, 0.3) is 0 Å². The van der Waals surface area contributed by atoms with Crippen LogP contribution in [0.5, 0.6) is 0 Å². The highest BCUT2D eigenvalue weighted by molar-refractivity contribution is 7.92. The molecule has 3 rings (SSSR count). The van der Waals surface area contributed by atoms with Crippen LogP contribution in [0.2, 0.25) is 0 Å². The van der Waals surface area contributed by atoms with Crippen molar-refractivity contribution in [2.75, 3.05) is 18.1 Å². The number of hydrogen-bond acceptors (Lipinski definition) is 8. The summed E-state index contributed by atoms with van der Waals surface area (Å²) >= 11 is 0. The minimum absolute atomic E-state index is 0.231. The number of carbonyl (C=O) groups is 3. The molecule has 0 heterocycles. The number of carbonyl (C=O) groups excluding carboxylic acids is 2. The van der Waals surface area contributed by atoms with Crippen LogP contribution in [0, 0.1) is 0 Å². The molecule has 0 radical (unpaired) electrons. The summed E-state index contributed by atoms with van der Waals surface area (Å²) in [5.74, 6) is -7.16. The number of rotatable bonds is 8. The first kappa shape index (κ1) is 25.4. The van der Waals surface area contributed by atoms with Gasteiger partial charge < -0.3 is 20.3 Å². The molecule has 0 aliphatic heterocycles. The predicted octanol–water partition coefficient (Wildman–Crippen LogP) is 1.88. The standard InChI is InChI=1S/C24H27NO8S/c1-23(2,3)33-20(26)13-34(30,31)14-24(25,21(27)28)22(29)32-12-19-17-10-6-4-8-15(17)16-9-5-7-11-18(16)19/h4-11,19H,12-14,25H2,1-3H3,(H,27,28)/t24-/m1/s1. The summed E-state index contributed by atoms with van der Waals surface area (Å²) in [7, 11) is -4.42. The Kier molecular flexibility index (Phi) is 6.86. The maximum Gasteiger partial charge on any atom is 0.338 e. The fourth-order valence-electron chi connectivity index (χ4n) is 3.88. The Balaban J connectivity index is 1.77. The minimum Gasteiger partial charge on any atom is -0.479 e. The second-order valence-electron chi connectivity index (χ2n) is 9.22. The van der Waals surface area contributed by atoms with E-state index in [0.717, 1.165) is 22.3 Å². The molecule has 10 heteroatoms. The van der Waals surface area contributed by atoms with Gasteiger partial charge in [0.05, 0.1) is 5.75 Å². The molecule has 1 aliphatic rings. The van der Waals surface area contributed by atoms with Crippen LogP contribution < -0.4 is 5.73 Å². The maximum absolute atomic E-state index is 12.8. The second kappa shape index (κ2) is 9.19. The summed E-state index contributed by atoms with van der Waals surface area (Å²) in [6.45, 7) is 4.43. The Morgan fingerprint density at radius 1 is 0.971 bits per heavy atom. The van der Waals surface area contributed by atoms with Crippen LogP contribution in [0.15, 0.2) is 48.5 Å². The van der Waals surface area contributed by atoms with Crippen molar-refractivity contribution in [1.29, 1.82) is 0 Å². The number of aliphatic carboxylic acids is 1. The molecule has 0 bridgehead atoms. The molecule has 0 amide bonds. The second-order valence-corrected chi connectivity index (χ2v) is 11.3. The van der Waals surface area contributed by atoms with Gasteiger partial charge in [0, 0.05) is 5.92 Å². The van der Waals surface area contributed by atoms with Crippen molar-refractivity contribution in [3.8, 4) is 11.1 Å². The van der Waals surface area contributed by atoms with Gasteiger partial charge in [0.2, 0.25) is 5.54 Å². The summed E-state index contributed by atoms with van der Waals surface area (Å²) in [6.07, 6.45) is 0. The Hall–Kier alpha value is -3.24. The SMILES string of the molecule is CC(C)(C)OC(=O)CS(=O)(=O)C[C@@](N)(C(=O)O)C(=O)OCC1c2ccccc2-c2ccccc21. The van der Waals surface area contributed by atoms with Crippen LogP contribution in [0.25, 0.3) is 11.1 Å². The smallest absolute Gasteiger partial charge is 0.338 e. The first-order chi connectivity index (χ1) is 15.7. The molecular formula is C24H27NO8S. The highest BCUT2D eigenvalue weighted by Crippen LogP contribution is 2.44. The lowest BCUT2D eigenvalue weighted by atomic mass is 9.98. The molecule has 2 aromatic rings. The topological polar surface area (TPSA) is 150 Å². The van der Waals surface area contributed by atoms with Crippen molar-refractivity contribution in [1.82, 2.24) is 0 Å². The Labute approximate surface area is 197 Å². The number of benzene rings is 2. The molecule has 0 spiro atoms. The third kappa shape index (κ3) is 5.45. The maximum atomic E-state index is 12.8.